The zero-order valence-electron chi connectivity index (χ0n) is 48.0. The van der Waals surface area contributed by atoms with Gasteiger partial charge in [-0.05, 0) is 96.3 Å². The first-order chi connectivity index (χ1) is 36.8. The van der Waals surface area contributed by atoms with Crippen LogP contribution in [0.15, 0.2) is 109 Å². The lowest BCUT2D eigenvalue weighted by molar-refractivity contribution is -0.161. The summed E-state index contributed by atoms with van der Waals surface area (Å²) in [6.07, 6.45) is 81.9. The van der Waals surface area contributed by atoms with E-state index in [0.29, 0.717) is 12.8 Å². The summed E-state index contributed by atoms with van der Waals surface area (Å²) in [6, 6.07) is 0. The quantitative estimate of drug-likeness (QED) is 0.0264. The molecule has 0 radical (unpaired) electrons. The molecule has 0 rings (SSSR count). The van der Waals surface area contributed by atoms with Gasteiger partial charge in [-0.2, -0.15) is 0 Å². The third-order valence-corrected chi connectivity index (χ3v) is 13.6. The van der Waals surface area contributed by atoms with E-state index in [1.54, 1.807) is 0 Å². The Bertz CT molecular complexity index is 1590. The highest BCUT2D eigenvalue weighted by atomic mass is 31.2. The summed E-state index contributed by atoms with van der Waals surface area (Å²) < 4.78 is 32.9. The fraction of sp³-hybridized carbons (Fsp3) is 0.692. The number of phosphoric ester groups is 1. The van der Waals surface area contributed by atoms with Gasteiger partial charge in [0.2, 0.25) is 0 Å². The van der Waals surface area contributed by atoms with Gasteiger partial charge >= 0.3 is 19.8 Å². The number of hydrogen-bond acceptors (Lipinski definition) is 8. The number of carbonyl (C=O) groups is 2. The molecule has 75 heavy (non-hydrogen) atoms. The van der Waals surface area contributed by atoms with Crippen molar-refractivity contribution in [2.45, 2.75) is 264 Å². The molecule has 0 fully saturated rings. The van der Waals surface area contributed by atoms with Crippen LogP contribution in [0.2, 0.25) is 0 Å². The zero-order chi connectivity index (χ0) is 54.5. The minimum absolute atomic E-state index is 0.0466. The third-order valence-electron chi connectivity index (χ3n) is 12.7. The van der Waals surface area contributed by atoms with Crippen LogP contribution in [-0.4, -0.2) is 49.3 Å². The van der Waals surface area contributed by atoms with Gasteiger partial charge in [-0.1, -0.05) is 258 Å². The Hall–Kier alpha value is -3.33. The molecule has 9 nitrogen and oxygen atoms in total. The maximum atomic E-state index is 12.7. The number of carbonyl (C=O) groups excluding carboxylic acids is 2. The van der Waals surface area contributed by atoms with Crippen LogP contribution in [0.25, 0.3) is 0 Å². The average Bonchev–Trinajstić information content (AvgIpc) is 3.40. The first-order valence-electron chi connectivity index (χ1n) is 30.4. The number of phosphoric acid groups is 1. The predicted molar refractivity (Wildman–Crippen MR) is 321 cm³/mol. The molecular formula is C65H112NO8P. The van der Waals surface area contributed by atoms with Gasteiger partial charge in [-0.3, -0.25) is 18.6 Å². The largest absolute Gasteiger partial charge is 0.472 e. The Morgan fingerprint density at radius 1 is 0.400 bits per heavy atom. The summed E-state index contributed by atoms with van der Waals surface area (Å²) in [6.45, 7) is 3.48. The molecule has 0 amide bonds. The van der Waals surface area contributed by atoms with Crippen molar-refractivity contribution < 1.29 is 37.6 Å². The molecule has 2 atom stereocenters. The van der Waals surface area contributed by atoms with Gasteiger partial charge in [-0.15, -0.1) is 0 Å². The van der Waals surface area contributed by atoms with E-state index in [9.17, 15) is 19.0 Å². The average molecular weight is 1070 g/mol. The van der Waals surface area contributed by atoms with Crippen molar-refractivity contribution >= 4 is 19.8 Å². The molecule has 0 aromatic rings. The molecule has 2 unspecified atom stereocenters. The van der Waals surface area contributed by atoms with Crippen molar-refractivity contribution in [3.8, 4) is 0 Å². The van der Waals surface area contributed by atoms with E-state index < -0.39 is 32.5 Å². The van der Waals surface area contributed by atoms with Gasteiger partial charge in [0.25, 0.3) is 0 Å². The van der Waals surface area contributed by atoms with E-state index in [0.717, 1.165) is 96.3 Å². The molecule has 0 aliphatic heterocycles. The SMILES string of the molecule is CC/C=C\C/C=C\C/C=C\C/C=C\C/C=C\C/C=C\CCCCCCCCCCCCCCCCCCCCCCCCC(=O)OC(COC(=O)CCCCC/C=C\C/C=C\C/C=C\CC)COP(=O)(O)OCCN. The minimum atomic E-state index is -4.39. The Labute approximate surface area is 460 Å². The Morgan fingerprint density at radius 3 is 1.04 bits per heavy atom. The Kier molecular flexibility index (Phi) is 57.2. The molecule has 0 aromatic carbocycles. The summed E-state index contributed by atoms with van der Waals surface area (Å²) in [7, 11) is -4.39. The molecule has 0 heterocycles. The highest BCUT2D eigenvalue weighted by Gasteiger charge is 2.26. The van der Waals surface area contributed by atoms with Crippen molar-refractivity contribution in [1.29, 1.82) is 0 Å². The summed E-state index contributed by atoms with van der Waals surface area (Å²) >= 11 is 0. The topological polar surface area (TPSA) is 134 Å². The first kappa shape index (κ1) is 71.7. The molecule has 430 valence electrons. The van der Waals surface area contributed by atoms with Crippen LogP contribution in [0, 0.1) is 0 Å². The van der Waals surface area contributed by atoms with Crippen molar-refractivity contribution in [2.75, 3.05) is 26.4 Å². The second-order valence-electron chi connectivity index (χ2n) is 19.8. The van der Waals surface area contributed by atoms with Crippen LogP contribution in [0.4, 0.5) is 0 Å². The molecule has 3 N–H and O–H groups in total. The van der Waals surface area contributed by atoms with Crippen molar-refractivity contribution in [2.24, 2.45) is 5.73 Å². The van der Waals surface area contributed by atoms with Crippen LogP contribution >= 0.6 is 7.82 Å². The summed E-state index contributed by atoms with van der Waals surface area (Å²) in [5, 5.41) is 0. The number of allylic oxidation sites excluding steroid dienone is 18. The third kappa shape index (κ3) is 59.8. The second-order valence-corrected chi connectivity index (χ2v) is 21.3. The van der Waals surface area contributed by atoms with Gasteiger partial charge in [0.1, 0.15) is 6.61 Å². The number of rotatable bonds is 56. The number of unbranched alkanes of at least 4 members (excludes halogenated alkanes) is 25. The lowest BCUT2D eigenvalue weighted by atomic mass is 10.0. The van der Waals surface area contributed by atoms with Crippen LogP contribution < -0.4 is 5.73 Å². The highest BCUT2D eigenvalue weighted by Crippen LogP contribution is 2.43. The lowest BCUT2D eigenvalue weighted by Gasteiger charge is -2.19. The maximum Gasteiger partial charge on any atom is 0.472 e. The molecule has 0 bridgehead atoms. The predicted octanol–water partition coefficient (Wildman–Crippen LogP) is 19.4. The summed E-state index contributed by atoms with van der Waals surface area (Å²) in [4.78, 5) is 35.1. The van der Waals surface area contributed by atoms with Crippen molar-refractivity contribution in [3.63, 3.8) is 0 Å². The summed E-state index contributed by atoms with van der Waals surface area (Å²) in [5.41, 5.74) is 5.37. The number of ether oxygens (including phenoxy) is 2. The molecule has 10 heteroatoms. The Morgan fingerprint density at radius 2 is 0.693 bits per heavy atom. The molecule has 0 aliphatic rings. The Balaban J connectivity index is 3.79. The van der Waals surface area contributed by atoms with E-state index in [2.05, 4.69) is 123 Å². The van der Waals surface area contributed by atoms with Crippen LogP contribution in [0.3, 0.4) is 0 Å². The molecule has 0 aliphatic carbocycles. The number of esters is 2. The number of hydrogen-bond donors (Lipinski definition) is 2. The van der Waals surface area contributed by atoms with Gasteiger partial charge in [-0.25, -0.2) is 4.57 Å². The number of nitrogens with two attached hydrogens (primary N) is 1. The monoisotopic (exact) mass is 1070 g/mol. The van der Waals surface area contributed by atoms with E-state index in [1.807, 2.05) is 0 Å². The molecule has 0 aromatic heterocycles. The van der Waals surface area contributed by atoms with Gasteiger partial charge in [0, 0.05) is 19.4 Å². The van der Waals surface area contributed by atoms with Gasteiger partial charge in [0.15, 0.2) is 6.10 Å². The van der Waals surface area contributed by atoms with Crippen LogP contribution in [0.1, 0.15) is 258 Å². The fourth-order valence-electron chi connectivity index (χ4n) is 8.24. The van der Waals surface area contributed by atoms with E-state index in [-0.39, 0.29) is 32.6 Å². The second kappa shape index (κ2) is 59.9. The zero-order valence-corrected chi connectivity index (χ0v) is 48.9. The normalized spacial score (nSPS) is 13.8. The van der Waals surface area contributed by atoms with Crippen LogP contribution in [-0.2, 0) is 32.7 Å². The molecule has 0 spiro atoms. The van der Waals surface area contributed by atoms with E-state index in [1.165, 1.54) is 122 Å². The van der Waals surface area contributed by atoms with Gasteiger partial charge in [0.05, 0.1) is 13.2 Å². The van der Waals surface area contributed by atoms with E-state index in [4.69, 9.17) is 24.3 Å². The van der Waals surface area contributed by atoms with Crippen molar-refractivity contribution in [3.05, 3.63) is 109 Å². The van der Waals surface area contributed by atoms with Gasteiger partial charge < -0.3 is 20.1 Å². The maximum absolute atomic E-state index is 12.7. The molecule has 0 saturated heterocycles. The smallest absolute Gasteiger partial charge is 0.462 e. The highest BCUT2D eigenvalue weighted by molar-refractivity contribution is 7.47. The van der Waals surface area contributed by atoms with E-state index >= 15 is 0 Å². The van der Waals surface area contributed by atoms with Crippen LogP contribution in [0.5, 0.6) is 0 Å². The lowest BCUT2D eigenvalue weighted by Crippen LogP contribution is -2.29. The summed E-state index contributed by atoms with van der Waals surface area (Å²) in [5.74, 6) is -0.860. The standard InChI is InChI=1S/C65H112NO8P/c1-3-5-7-9-11-13-15-17-18-19-20-21-22-23-24-25-26-27-28-29-30-31-32-33-34-35-36-37-38-39-40-41-42-43-44-46-48-50-52-54-56-58-65(68)74-63(62-73-75(69,70)72-60-59-66)61-71-64(67)57-55-53-51-49-47-45-16-14-12-10-8-6-4-2/h5-8,11-14,17-18,20-21,23-24,26-27,45,47,63H,3-4,9-10,15-16,19,22,25,28-44,46,48-62,66H2,1-2H3,(H,69,70)/b7-5-,8-6-,13-11-,14-12-,18-17-,21-20-,24-23-,27-26-,47-45-. The molecule has 0 saturated carbocycles. The molecular weight excluding hydrogens is 954 g/mol. The minimum Gasteiger partial charge on any atom is -0.462 e. The fourth-order valence-corrected chi connectivity index (χ4v) is 9.01. The van der Waals surface area contributed by atoms with Crippen molar-refractivity contribution in [1.82, 2.24) is 0 Å². The first-order valence-corrected chi connectivity index (χ1v) is 31.9.